The molecular formula is C36H38Cl2N2O5. The van der Waals surface area contributed by atoms with Gasteiger partial charge in [0.1, 0.15) is 11.7 Å². The molecule has 2 aliphatic carbocycles. The number of nitrogens with zero attached hydrogens (tertiary/aromatic N) is 2. The van der Waals surface area contributed by atoms with Gasteiger partial charge in [-0.1, -0.05) is 65.7 Å². The van der Waals surface area contributed by atoms with Crippen molar-refractivity contribution in [2.75, 3.05) is 27.2 Å². The van der Waals surface area contributed by atoms with E-state index in [1.165, 1.54) is 18.1 Å². The molecule has 7 rings (SSSR count). The molecular weight excluding hydrogens is 611 g/mol. The fourth-order valence-corrected chi connectivity index (χ4v) is 9.23. The maximum Gasteiger partial charge on any atom is 0.303 e. The van der Waals surface area contributed by atoms with Gasteiger partial charge in [0.2, 0.25) is 5.91 Å². The molecule has 45 heavy (non-hydrogen) atoms. The van der Waals surface area contributed by atoms with Crippen LogP contribution in [0.2, 0.25) is 10.0 Å². The number of likely N-dealkylation sites (tertiary alicyclic amines) is 1. The predicted octanol–water partition coefficient (Wildman–Crippen LogP) is 6.04. The third kappa shape index (κ3) is 4.73. The standard InChI is InChI=1S/C36H38Cl2N2O5/c1-22(41)45-36-15-13-28(39(2)31(42)20-24-9-11-26(37)27(38)19-24)34-35(36)16-18-40(17-14-23-7-5-4-6-8-23)30(36)21-25-10-12-29(43-3)33(44-34)32(25)35/h4-12,19,28,30,34H,13-18,20-21H2,1-3H3/t28?,30-,34?,35+,36-/m1/s1. The minimum atomic E-state index is -0.798. The first-order chi connectivity index (χ1) is 21.7. The van der Waals surface area contributed by atoms with Gasteiger partial charge in [0, 0.05) is 26.1 Å². The zero-order valence-electron chi connectivity index (χ0n) is 25.9. The molecule has 3 aromatic rings. The van der Waals surface area contributed by atoms with Gasteiger partial charge in [-0.25, -0.2) is 0 Å². The highest BCUT2D eigenvalue weighted by Gasteiger charge is 2.75. The topological polar surface area (TPSA) is 68.3 Å². The van der Waals surface area contributed by atoms with Gasteiger partial charge in [-0.15, -0.1) is 0 Å². The number of ether oxygens (including phenoxy) is 3. The first-order valence-corrected chi connectivity index (χ1v) is 16.5. The van der Waals surface area contributed by atoms with E-state index in [4.69, 9.17) is 37.4 Å². The fourth-order valence-electron chi connectivity index (χ4n) is 8.91. The number of hydrogen-bond acceptors (Lipinski definition) is 6. The lowest BCUT2D eigenvalue weighted by atomic mass is 9.48. The number of hydrogen-bond donors (Lipinski definition) is 0. The lowest BCUT2D eigenvalue weighted by molar-refractivity contribution is -0.223. The summed E-state index contributed by atoms with van der Waals surface area (Å²) in [6, 6.07) is 19.7. The zero-order chi connectivity index (χ0) is 31.5. The fraction of sp³-hybridized carbons (Fsp3) is 0.444. The number of methoxy groups -OCH3 is 1. The first-order valence-electron chi connectivity index (χ1n) is 15.7. The van der Waals surface area contributed by atoms with Gasteiger partial charge in [0.05, 0.1) is 41.1 Å². The summed E-state index contributed by atoms with van der Waals surface area (Å²) in [4.78, 5) is 31.2. The van der Waals surface area contributed by atoms with E-state index in [2.05, 4.69) is 35.2 Å². The summed E-state index contributed by atoms with van der Waals surface area (Å²) < 4.78 is 19.4. The molecule has 3 aromatic carbocycles. The molecule has 2 fully saturated rings. The van der Waals surface area contributed by atoms with Crippen LogP contribution >= 0.6 is 23.2 Å². The number of esters is 1. The molecule has 1 saturated carbocycles. The van der Waals surface area contributed by atoms with E-state index in [1.807, 2.05) is 30.1 Å². The van der Waals surface area contributed by atoms with E-state index < -0.39 is 17.1 Å². The van der Waals surface area contributed by atoms with Gasteiger partial charge >= 0.3 is 5.97 Å². The molecule has 5 atom stereocenters. The Labute approximate surface area is 274 Å². The summed E-state index contributed by atoms with van der Waals surface area (Å²) >= 11 is 12.4. The molecule has 7 nitrogen and oxygen atoms in total. The zero-order valence-corrected chi connectivity index (χ0v) is 27.4. The molecule has 236 valence electrons. The van der Waals surface area contributed by atoms with Crippen molar-refractivity contribution < 1.29 is 23.8 Å². The second-order valence-electron chi connectivity index (χ2n) is 12.9. The molecule has 2 heterocycles. The van der Waals surface area contributed by atoms with Crippen molar-refractivity contribution in [2.45, 2.75) is 74.7 Å². The van der Waals surface area contributed by atoms with Gasteiger partial charge in [0.15, 0.2) is 11.5 Å². The molecule has 2 bridgehead atoms. The van der Waals surface area contributed by atoms with Crippen molar-refractivity contribution in [1.82, 2.24) is 9.80 Å². The Morgan fingerprint density at radius 1 is 1.04 bits per heavy atom. The third-order valence-electron chi connectivity index (χ3n) is 10.8. The van der Waals surface area contributed by atoms with E-state index >= 15 is 0 Å². The monoisotopic (exact) mass is 648 g/mol. The van der Waals surface area contributed by atoms with E-state index in [0.717, 1.165) is 49.2 Å². The van der Waals surface area contributed by atoms with Gasteiger partial charge in [0.25, 0.3) is 0 Å². The minimum absolute atomic E-state index is 0.0185. The minimum Gasteiger partial charge on any atom is -0.493 e. The van der Waals surface area contributed by atoms with Crippen LogP contribution in [0.1, 0.15) is 48.4 Å². The van der Waals surface area contributed by atoms with Crippen molar-refractivity contribution in [1.29, 1.82) is 0 Å². The summed E-state index contributed by atoms with van der Waals surface area (Å²) in [5, 5.41) is 0.882. The lowest BCUT2D eigenvalue weighted by Crippen LogP contribution is -2.79. The summed E-state index contributed by atoms with van der Waals surface area (Å²) in [5.74, 6) is 1.08. The molecule has 2 aliphatic heterocycles. The summed E-state index contributed by atoms with van der Waals surface area (Å²) in [6.07, 6.45) is 3.46. The van der Waals surface area contributed by atoms with Crippen molar-refractivity contribution in [2.24, 2.45) is 0 Å². The second kappa shape index (κ2) is 11.5. The Hall–Kier alpha value is -3.26. The number of halogens is 2. The van der Waals surface area contributed by atoms with Crippen LogP contribution in [0.4, 0.5) is 0 Å². The largest absolute Gasteiger partial charge is 0.493 e. The van der Waals surface area contributed by atoms with E-state index in [-0.39, 0.29) is 30.4 Å². The predicted molar refractivity (Wildman–Crippen MR) is 173 cm³/mol. The summed E-state index contributed by atoms with van der Waals surface area (Å²) in [6.45, 7) is 3.22. The molecule has 0 aromatic heterocycles. The van der Waals surface area contributed by atoms with Crippen molar-refractivity contribution in [3.05, 3.63) is 93.0 Å². The highest BCUT2D eigenvalue weighted by Crippen LogP contribution is 2.67. The van der Waals surface area contributed by atoms with Crippen LogP contribution < -0.4 is 9.47 Å². The van der Waals surface area contributed by atoms with Crippen LogP contribution in [0.15, 0.2) is 60.7 Å². The quantitative estimate of drug-likeness (QED) is 0.278. The van der Waals surface area contributed by atoms with Crippen LogP contribution in [0.25, 0.3) is 0 Å². The second-order valence-corrected chi connectivity index (χ2v) is 13.7. The average Bonchev–Trinajstić information content (AvgIpc) is 3.37. The maximum absolute atomic E-state index is 13.8. The van der Waals surface area contributed by atoms with Gasteiger partial charge in [-0.05, 0) is 73.5 Å². The van der Waals surface area contributed by atoms with Crippen LogP contribution in [0.3, 0.4) is 0 Å². The molecule has 2 unspecified atom stereocenters. The molecule has 1 spiro atoms. The number of amides is 1. The summed E-state index contributed by atoms with van der Waals surface area (Å²) in [5.41, 5.74) is 2.97. The van der Waals surface area contributed by atoms with Crippen molar-refractivity contribution in [3.8, 4) is 11.5 Å². The Balaban J connectivity index is 1.28. The molecule has 1 saturated heterocycles. The van der Waals surface area contributed by atoms with E-state index in [1.54, 1.807) is 19.2 Å². The smallest absolute Gasteiger partial charge is 0.303 e. The van der Waals surface area contributed by atoms with Crippen molar-refractivity contribution in [3.63, 3.8) is 0 Å². The maximum atomic E-state index is 13.8. The normalized spacial score (nSPS) is 27.7. The molecule has 0 N–H and O–H groups in total. The number of carbonyl (C=O) groups is 2. The van der Waals surface area contributed by atoms with Gasteiger partial charge < -0.3 is 19.1 Å². The third-order valence-corrected chi connectivity index (χ3v) is 11.5. The number of piperidine rings is 1. The highest BCUT2D eigenvalue weighted by molar-refractivity contribution is 6.42. The van der Waals surface area contributed by atoms with E-state index in [0.29, 0.717) is 28.6 Å². The van der Waals surface area contributed by atoms with Crippen LogP contribution in [-0.4, -0.2) is 72.7 Å². The van der Waals surface area contributed by atoms with E-state index in [9.17, 15) is 9.59 Å². The first kappa shape index (κ1) is 30.4. The van der Waals surface area contributed by atoms with Gasteiger partial charge in [-0.2, -0.15) is 0 Å². The summed E-state index contributed by atoms with van der Waals surface area (Å²) in [7, 11) is 3.52. The lowest BCUT2D eigenvalue weighted by Gasteiger charge is -2.65. The number of rotatable bonds is 8. The molecule has 4 aliphatic rings. The Kier molecular flexibility index (Phi) is 7.78. The molecule has 9 heteroatoms. The Bertz CT molecular complexity index is 1650. The van der Waals surface area contributed by atoms with Crippen LogP contribution in [0.5, 0.6) is 11.5 Å². The van der Waals surface area contributed by atoms with Crippen LogP contribution in [-0.2, 0) is 39.0 Å². The Morgan fingerprint density at radius 3 is 2.58 bits per heavy atom. The SMILES string of the molecule is COc1ccc2c3c1OC1C(N(C)C(=O)Cc4ccc(Cl)c(Cl)c4)CC[C@@]4(OC(C)=O)[C@@H](C2)N(CCc2ccccc2)CC[C@]314. The number of likely N-dealkylation sites (N-methyl/N-ethyl adjacent to an activating group) is 1. The van der Waals surface area contributed by atoms with Crippen LogP contribution in [0, 0.1) is 0 Å². The number of benzene rings is 3. The van der Waals surface area contributed by atoms with Crippen molar-refractivity contribution >= 4 is 35.1 Å². The average molecular weight is 650 g/mol. The van der Waals surface area contributed by atoms with Gasteiger partial charge in [-0.3, -0.25) is 14.5 Å². The molecule has 0 radical (unpaired) electrons. The Morgan fingerprint density at radius 2 is 1.84 bits per heavy atom. The number of carbonyl (C=O) groups excluding carboxylic acids is 2. The highest BCUT2D eigenvalue weighted by atomic mass is 35.5. The molecule has 1 amide bonds.